The molecule has 1 aliphatic carbocycles. The van der Waals surface area contributed by atoms with Crippen LogP contribution in [0.3, 0.4) is 0 Å². The number of aliphatic hydroxyl groups excluding tert-OH is 1. The Morgan fingerprint density at radius 3 is 2.73 bits per heavy atom. The third-order valence-corrected chi connectivity index (χ3v) is 4.12. The van der Waals surface area contributed by atoms with Gasteiger partial charge in [-0.2, -0.15) is 5.10 Å². The second-order valence-corrected chi connectivity index (χ2v) is 5.74. The van der Waals surface area contributed by atoms with Crippen molar-refractivity contribution in [3.05, 3.63) is 36.0 Å². The first-order valence-electron chi connectivity index (χ1n) is 7.25. The van der Waals surface area contributed by atoms with Gasteiger partial charge in [0, 0.05) is 17.5 Å². The molecule has 0 radical (unpaired) electrons. The fraction of sp³-hybridized carbons (Fsp3) is 0.375. The van der Waals surface area contributed by atoms with Crippen molar-refractivity contribution in [1.29, 1.82) is 0 Å². The lowest BCUT2D eigenvalue weighted by molar-refractivity contribution is 0.0930. The average molecular weight is 301 g/mol. The van der Waals surface area contributed by atoms with Gasteiger partial charge in [-0.3, -0.25) is 9.89 Å². The van der Waals surface area contributed by atoms with E-state index in [1.807, 2.05) is 24.3 Å². The number of nitrogens with one attached hydrogen (secondary N) is 2. The molecule has 0 unspecified atom stereocenters. The molecule has 116 valence electrons. The van der Waals surface area contributed by atoms with Gasteiger partial charge < -0.3 is 15.2 Å². The number of benzene rings is 1. The summed E-state index contributed by atoms with van der Waals surface area (Å²) < 4.78 is 5.12. The molecule has 3 rings (SSSR count). The molecule has 1 saturated carbocycles. The fourth-order valence-corrected chi connectivity index (χ4v) is 2.28. The first-order valence-corrected chi connectivity index (χ1v) is 7.25. The predicted octanol–water partition coefficient (Wildman–Crippen LogP) is 1.59. The smallest absolute Gasteiger partial charge is 0.269 e. The Hall–Kier alpha value is -2.34. The summed E-state index contributed by atoms with van der Waals surface area (Å²) in [6.45, 7) is 0.618. The number of ether oxygens (including phenoxy) is 1. The zero-order chi connectivity index (χ0) is 15.6. The minimum absolute atomic E-state index is 0.103. The van der Waals surface area contributed by atoms with Crippen LogP contribution in [0.15, 0.2) is 30.3 Å². The molecule has 1 aromatic carbocycles. The number of nitrogens with zero attached hydrogens (tertiary/aromatic N) is 1. The van der Waals surface area contributed by atoms with Crippen molar-refractivity contribution in [2.24, 2.45) is 5.41 Å². The van der Waals surface area contributed by atoms with Crippen LogP contribution >= 0.6 is 0 Å². The zero-order valence-corrected chi connectivity index (χ0v) is 12.4. The molecule has 0 spiro atoms. The van der Waals surface area contributed by atoms with Crippen LogP contribution in [-0.2, 0) is 0 Å². The fourth-order valence-electron chi connectivity index (χ4n) is 2.28. The third-order valence-electron chi connectivity index (χ3n) is 4.12. The van der Waals surface area contributed by atoms with Crippen molar-refractivity contribution in [3.63, 3.8) is 0 Å². The summed E-state index contributed by atoms with van der Waals surface area (Å²) in [5.74, 6) is 0.572. The van der Waals surface area contributed by atoms with E-state index in [-0.39, 0.29) is 17.9 Å². The van der Waals surface area contributed by atoms with Crippen LogP contribution in [0, 0.1) is 5.41 Å². The third kappa shape index (κ3) is 2.96. The molecule has 1 fully saturated rings. The lowest BCUT2D eigenvalue weighted by atomic mass is 10.1. The summed E-state index contributed by atoms with van der Waals surface area (Å²) >= 11 is 0. The lowest BCUT2D eigenvalue weighted by Gasteiger charge is -2.11. The van der Waals surface area contributed by atoms with Gasteiger partial charge >= 0.3 is 0 Å². The Balaban J connectivity index is 1.66. The van der Waals surface area contributed by atoms with E-state index in [2.05, 4.69) is 15.5 Å². The Bertz CT molecular complexity index is 660. The highest BCUT2D eigenvalue weighted by molar-refractivity contribution is 5.93. The maximum atomic E-state index is 12.1. The molecule has 6 heteroatoms. The number of rotatable bonds is 6. The summed E-state index contributed by atoms with van der Waals surface area (Å²) in [6.07, 6.45) is 1.92. The molecule has 1 aromatic heterocycles. The highest BCUT2D eigenvalue weighted by Crippen LogP contribution is 2.44. The highest BCUT2D eigenvalue weighted by atomic mass is 16.5. The molecule has 1 heterocycles. The normalized spacial score (nSPS) is 15.4. The topological polar surface area (TPSA) is 87.2 Å². The van der Waals surface area contributed by atoms with Crippen LogP contribution in [0.4, 0.5) is 0 Å². The summed E-state index contributed by atoms with van der Waals surface area (Å²) in [6, 6.07) is 9.20. The monoisotopic (exact) mass is 301 g/mol. The van der Waals surface area contributed by atoms with E-state index in [1.165, 1.54) is 0 Å². The van der Waals surface area contributed by atoms with Crippen LogP contribution in [0.1, 0.15) is 23.3 Å². The van der Waals surface area contributed by atoms with Crippen molar-refractivity contribution in [1.82, 2.24) is 15.5 Å². The van der Waals surface area contributed by atoms with E-state index in [4.69, 9.17) is 4.74 Å². The van der Waals surface area contributed by atoms with Gasteiger partial charge in [-0.1, -0.05) is 0 Å². The molecule has 0 aliphatic heterocycles. The SMILES string of the molecule is COc1ccc(-c2cc(C(=O)NCC3(CO)CC3)[nH]n2)cc1. The largest absolute Gasteiger partial charge is 0.497 e. The van der Waals surface area contributed by atoms with Crippen LogP contribution < -0.4 is 10.1 Å². The number of methoxy groups -OCH3 is 1. The van der Waals surface area contributed by atoms with Crippen molar-refractivity contribution >= 4 is 5.91 Å². The number of hydrogen-bond acceptors (Lipinski definition) is 4. The van der Waals surface area contributed by atoms with Gasteiger partial charge in [0.1, 0.15) is 11.4 Å². The average Bonchev–Trinajstić information content (AvgIpc) is 3.18. The van der Waals surface area contributed by atoms with E-state index in [0.29, 0.717) is 17.9 Å². The molecule has 2 aromatic rings. The van der Waals surface area contributed by atoms with E-state index < -0.39 is 0 Å². The predicted molar refractivity (Wildman–Crippen MR) is 81.7 cm³/mol. The van der Waals surface area contributed by atoms with E-state index in [9.17, 15) is 9.90 Å². The molecule has 22 heavy (non-hydrogen) atoms. The van der Waals surface area contributed by atoms with E-state index in [0.717, 1.165) is 24.2 Å². The van der Waals surface area contributed by atoms with Crippen molar-refractivity contribution in [2.45, 2.75) is 12.8 Å². The number of carbonyl (C=O) groups is 1. The maximum Gasteiger partial charge on any atom is 0.269 e. The molecule has 0 atom stereocenters. The Labute approximate surface area is 128 Å². The summed E-state index contributed by atoms with van der Waals surface area (Å²) in [5, 5.41) is 19.0. The second-order valence-electron chi connectivity index (χ2n) is 5.74. The van der Waals surface area contributed by atoms with Gasteiger partial charge in [-0.15, -0.1) is 0 Å². The Kier molecular flexibility index (Phi) is 3.85. The van der Waals surface area contributed by atoms with Gasteiger partial charge in [0.25, 0.3) is 5.91 Å². The van der Waals surface area contributed by atoms with Gasteiger partial charge in [0.2, 0.25) is 0 Å². The maximum absolute atomic E-state index is 12.1. The molecular weight excluding hydrogens is 282 g/mol. The van der Waals surface area contributed by atoms with Crippen LogP contribution in [0.2, 0.25) is 0 Å². The van der Waals surface area contributed by atoms with Gasteiger partial charge in [-0.05, 0) is 43.2 Å². The summed E-state index contributed by atoms with van der Waals surface area (Å²) in [4.78, 5) is 12.1. The van der Waals surface area contributed by atoms with Crippen LogP contribution in [0.25, 0.3) is 11.3 Å². The zero-order valence-electron chi connectivity index (χ0n) is 12.4. The molecule has 0 bridgehead atoms. The summed E-state index contributed by atoms with van der Waals surface area (Å²) in [5.41, 5.74) is 1.93. The van der Waals surface area contributed by atoms with Gasteiger partial charge in [0.15, 0.2) is 0 Å². The lowest BCUT2D eigenvalue weighted by Crippen LogP contribution is -2.32. The number of hydrogen-bond donors (Lipinski definition) is 3. The number of carbonyl (C=O) groups excluding carboxylic acids is 1. The van der Waals surface area contributed by atoms with Crippen LogP contribution in [0.5, 0.6) is 5.75 Å². The van der Waals surface area contributed by atoms with Gasteiger partial charge in [0.05, 0.1) is 19.4 Å². The molecule has 0 saturated heterocycles. The molecule has 3 N–H and O–H groups in total. The quantitative estimate of drug-likeness (QED) is 0.756. The Morgan fingerprint density at radius 2 is 2.14 bits per heavy atom. The number of aromatic amines is 1. The summed E-state index contributed by atoms with van der Waals surface area (Å²) in [7, 11) is 1.62. The first-order chi connectivity index (χ1) is 10.7. The van der Waals surface area contributed by atoms with E-state index >= 15 is 0 Å². The molecule has 1 aliphatic rings. The Morgan fingerprint density at radius 1 is 1.41 bits per heavy atom. The minimum atomic E-state index is -0.202. The molecular formula is C16H19N3O3. The number of amides is 1. The van der Waals surface area contributed by atoms with E-state index in [1.54, 1.807) is 13.2 Å². The molecule has 1 amide bonds. The first kappa shape index (κ1) is 14.6. The number of aliphatic hydroxyl groups is 1. The van der Waals surface area contributed by atoms with Crippen molar-refractivity contribution in [2.75, 3.05) is 20.3 Å². The number of aromatic nitrogens is 2. The molecule has 6 nitrogen and oxygen atoms in total. The second kappa shape index (κ2) is 5.81. The number of H-pyrrole nitrogens is 1. The standard InChI is InChI=1S/C16H19N3O3/c1-22-12-4-2-11(3-5-12)13-8-14(19-18-13)15(21)17-9-16(10-20)6-7-16/h2-5,8,20H,6-7,9-10H2,1H3,(H,17,21)(H,18,19). The van der Waals surface area contributed by atoms with Crippen molar-refractivity contribution < 1.29 is 14.6 Å². The highest BCUT2D eigenvalue weighted by Gasteiger charge is 2.42. The van der Waals surface area contributed by atoms with Crippen LogP contribution in [-0.4, -0.2) is 41.5 Å². The van der Waals surface area contributed by atoms with Gasteiger partial charge in [-0.25, -0.2) is 0 Å². The van der Waals surface area contributed by atoms with Crippen molar-refractivity contribution in [3.8, 4) is 17.0 Å². The minimum Gasteiger partial charge on any atom is -0.497 e.